The van der Waals surface area contributed by atoms with E-state index in [1.54, 1.807) is 29.3 Å². The number of likely N-dealkylation sites (tertiary alicyclic amines) is 2. The van der Waals surface area contributed by atoms with Crippen molar-refractivity contribution in [1.82, 2.24) is 15.1 Å². The van der Waals surface area contributed by atoms with Crippen LogP contribution < -0.4 is 26.8 Å². The Balaban J connectivity index is 1.46. The number of rotatable bonds is 7. The Morgan fingerprint density at radius 2 is 2.06 bits per heavy atom. The number of hydrogen-bond donors (Lipinski definition) is 4. The number of benzene rings is 1. The van der Waals surface area contributed by atoms with E-state index in [2.05, 4.69) is 15.5 Å². The second kappa shape index (κ2) is 12.3. The van der Waals surface area contributed by atoms with Crippen LogP contribution in [0.2, 0.25) is 0 Å². The van der Waals surface area contributed by atoms with Crippen molar-refractivity contribution in [3.63, 3.8) is 0 Å². The molecule has 4 rings (SSSR count). The topological polar surface area (TPSA) is 138 Å². The number of allylic oxidation sites excluding steroid dienone is 1. The molecule has 196 valence electrons. The fourth-order valence-corrected chi connectivity index (χ4v) is 4.95. The highest BCUT2D eigenvalue weighted by Gasteiger charge is 2.25. The predicted octanol–water partition coefficient (Wildman–Crippen LogP) is 1.63. The summed E-state index contributed by atoms with van der Waals surface area (Å²) in [5, 5.41) is 6.03. The summed E-state index contributed by atoms with van der Waals surface area (Å²) in [6.07, 6.45) is 7.63. The number of nitrogens with zero attached hydrogens (tertiary/aromatic N) is 3. The number of aliphatic imine (C=N–C) groups is 1. The van der Waals surface area contributed by atoms with Crippen molar-refractivity contribution in [3.05, 3.63) is 35.3 Å². The van der Waals surface area contributed by atoms with Crippen LogP contribution in [0.25, 0.3) is 0 Å². The van der Waals surface area contributed by atoms with Gasteiger partial charge in [0.05, 0.1) is 17.9 Å². The first-order valence-electron chi connectivity index (χ1n) is 13.0. The molecule has 10 heteroatoms. The third-order valence-electron chi connectivity index (χ3n) is 6.87. The largest absolute Gasteiger partial charge is 0.450 e. The number of nitrogens with one attached hydrogen (secondary N) is 2. The average Bonchev–Trinajstić information content (AvgIpc) is 3.10. The van der Waals surface area contributed by atoms with Gasteiger partial charge in [0.2, 0.25) is 5.91 Å². The van der Waals surface area contributed by atoms with Crippen molar-refractivity contribution in [3.8, 4) is 5.75 Å². The smallest absolute Gasteiger partial charge is 0.253 e. The number of amides is 2. The van der Waals surface area contributed by atoms with Crippen molar-refractivity contribution in [2.45, 2.75) is 57.5 Å². The number of anilines is 1. The zero-order chi connectivity index (χ0) is 25.5. The molecular weight excluding hydrogens is 458 g/mol. The van der Waals surface area contributed by atoms with Crippen LogP contribution in [0.3, 0.4) is 0 Å². The molecule has 2 unspecified atom stereocenters. The maximum Gasteiger partial charge on any atom is 0.253 e. The first-order valence-corrected chi connectivity index (χ1v) is 13.0. The fraction of sp³-hybridized carbons (Fsp3) is 0.577. The van der Waals surface area contributed by atoms with Gasteiger partial charge in [0.1, 0.15) is 0 Å². The lowest BCUT2D eigenvalue weighted by molar-refractivity contribution is -0.118. The normalized spacial score (nSPS) is 23.0. The Bertz CT molecular complexity index is 1010. The van der Waals surface area contributed by atoms with Crippen LogP contribution in [0.5, 0.6) is 5.75 Å². The van der Waals surface area contributed by atoms with E-state index < -0.39 is 0 Å². The van der Waals surface area contributed by atoms with Crippen molar-refractivity contribution >= 4 is 23.7 Å². The second-order valence-corrected chi connectivity index (χ2v) is 9.86. The van der Waals surface area contributed by atoms with Crippen LogP contribution in [0, 0.1) is 0 Å². The number of fused-ring (bicyclic) bond motifs is 1. The van der Waals surface area contributed by atoms with Gasteiger partial charge in [0.25, 0.3) is 5.91 Å². The van der Waals surface area contributed by atoms with Crippen molar-refractivity contribution in [2.24, 2.45) is 16.5 Å². The third kappa shape index (κ3) is 6.83. The highest BCUT2D eigenvalue weighted by molar-refractivity contribution is 5.96. The van der Waals surface area contributed by atoms with Crippen molar-refractivity contribution < 1.29 is 14.3 Å². The summed E-state index contributed by atoms with van der Waals surface area (Å²) in [5.74, 6) is 1.16. The molecule has 2 saturated heterocycles. The molecule has 2 amide bonds. The molecular formula is C26H39N7O3. The highest BCUT2D eigenvalue weighted by Crippen LogP contribution is 2.33. The summed E-state index contributed by atoms with van der Waals surface area (Å²) in [5.41, 5.74) is 12.9. The molecule has 0 radical (unpaired) electrons. The molecule has 6 N–H and O–H groups in total. The van der Waals surface area contributed by atoms with E-state index in [1.165, 1.54) is 6.92 Å². The zero-order valence-corrected chi connectivity index (χ0v) is 21.2. The Morgan fingerprint density at radius 1 is 1.22 bits per heavy atom. The SMILES string of the molecule is CC(=O)NC1=C(C=NC2CCCN(CCCN)CC2)Oc2ccc(C(=O)N3CCCC(N)C3)cc2N1. The number of ether oxygens (including phenoxy) is 1. The van der Waals surface area contributed by atoms with Crippen LogP contribution >= 0.6 is 0 Å². The molecule has 3 aliphatic rings. The summed E-state index contributed by atoms with van der Waals surface area (Å²) in [6, 6.07) is 5.51. The second-order valence-electron chi connectivity index (χ2n) is 9.86. The maximum atomic E-state index is 13.0. The molecule has 36 heavy (non-hydrogen) atoms. The average molecular weight is 498 g/mol. The minimum Gasteiger partial charge on any atom is -0.450 e. The zero-order valence-electron chi connectivity index (χ0n) is 21.2. The quantitative estimate of drug-likeness (QED) is 0.420. The van der Waals surface area contributed by atoms with E-state index in [0.29, 0.717) is 48.2 Å². The Hall–Kier alpha value is -2.95. The lowest BCUT2D eigenvalue weighted by atomic mass is 10.0. The van der Waals surface area contributed by atoms with Gasteiger partial charge in [0.15, 0.2) is 17.3 Å². The summed E-state index contributed by atoms with van der Waals surface area (Å²) in [6.45, 7) is 6.53. The van der Waals surface area contributed by atoms with Gasteiger partial charge in [-0.05, 0) is 76.4 Å². The fourth-order valence-electron chi connectivity index (χ4n) is 4.95. The Labute approximate surface area is 213 Å². The number of carbonyl (C=O) groups excluding carboxylic acids is 2. The van der Waals surface area contributed by atoms with Gasteiger partial charge < -0.3 is 36.6 Å². The minimum atomic E-state index is -0.227. The number of piperidine rings is 1. The summed E-state index contributed by atoms with van der Waals surface area (Å²) < 4.78 is 6.12. The van der Waals surface area contributed by atoms with Crippen LogP contribution in [-0.2, 0) is 4.79 Å². The predicted molar refractivity (Wildman–Crippen MR) is 141 cm³/mol. The van der Waals surface area contributed by atoms with Crippen molar-refractivity contribution in [2.75, 3.05) is 44.6 Å². The van der Waals surface area contributed by atoms with Crippen LogP contribution in [-0.4, -0.2) is 79.2 Å². The van der Waals surface area contributed by atoms with E-state index in [1.807, 2.05) is 0 Å². The van der Waals surface area contributed by atoms with Gasteiger partial charge >= 0.3 is 0 Å². The summed E-state index contributed by atoms with van der Waals surface area (Å²) in [4.78, 5) is 34.0. The summed E-state index contributed by atoms with van der Waals surface area (Å²) >= 11 is 0. The number of carbonyl (C=O) groups is 2. The third-order valence-corrected chi connectivity index (χ3v) is 6.87. The molecule has 3 heterocycles. The van der Waals surface area contributed by atoms with Gasteiger partial charge in [-0.2, -0.15) is 0 Å². The van der Waals surface area contributed by atoms with E-state index >= 15 is 0 Å². The molecule has 2 atom stereocenters. The van der Waals surface area contributed by atoms with Gasteiger partial charge in [-0.3, -0.25) is 14.6 Å². The molecule has 0 aromatic heterocycles. The summed E-state index contributed by atoms with van der Waals surface area (Å²) in [7, 11) is 0. The molecule has 0 bridgehead atoms. The van der Waals surface area contributed by atoms with Gasteiger partial charge in [-0.25, -0.2) is 0 Å². The lowest BCUT2D eigenvalue weighted by Crippen LogP contribution is -2.45. The van der Waals surface area contributed by atoms with Gasteiger partial charge in [-0.1, -0.05) is 0 Å². The molecule has 1 aromatic rings. The van der Waals surface area contributed by atoms with E-state index in [0.717, 1.165) is 58.2 Å². The lowest BCUT2D eigenvalue weighted by Gasteiger charge is -2.31. The van der Waals surface area contributed by atoms with Crippen molar-refractivity contribution in [1.29, 1.82) is 0 Å². The molecule has 0 aliphatic carbocycles. The van der Waals surface area contributed by atoms with Crippen LogP contribution in [0.1, 0.15) is 55.8 Å². The Morgan fingerprint density at radius 3 is 2.83 bits per heavy atom. The molecule has 3 aliphatic heterocycles. The molecule has 10 nitrogen and oxygen atoms in total. The van der Waals surface area contributed by atoms with E-state index in [9.17, 15) is 9.59 Å². The molecule has 0 saturated carbocycles. The van der Waals surface area contributed by atoms with E-state index in [4.69, 9.17) is 21.2 Å². The maximum absolute atomic E-state index is 13.0. The standard InChI is InChI=1S/C26H39N7O3/c1-18(34)30-25-24(16-29-21-6-3-11-32(14-9-21)12-4-10-27)36-23-8-7-19(15-22(23)31-25)26(35)33-13-2-5-20(28)17-33/h7-8,15-16,20-21,31H,2-6,9-14,17,27-28H2,1H3,(H,30,34). The molecule has 1 aromatic carbocycles. The molecule has 0 spiro atoms. The molecule has 2 fully saturated rings. The minimum absolute atomic E-state index is 0.0143. The first-order chi connectivity index (χ1) is 17.4. The Kier molecular flexibility index (Phi) is 8.95. The van der Waals surface area contributed by atoms with Gasteiger partial charge in [0, 0.05) is 38.2 Å². The number of nitrogens with two attached hydrogens (primary N) is 2. The van der Waals surface area contributed by atoms with Gasteiger partial charge in [-0.15, -0.1) is 0 Å². The number of hydrogen-bond acceptors (Lipinski definition) is 8. The monoisotopic (exact) mass is 497 g/mol. The first kappa shape index (κ1) is 26.1. The highest BCUT2D eigenvalue weighted by atomic mass is 16.5. The van der Waals surface area contributed by atoms with Crippen LogP contribution in [0.4, 0.5) is 5.69 Å². The van der Waals surface area contributed by atoms with E-state index in [-0.39, 0.29) is 23.9 Å². The van der Waals surface area contributed by atoms with Crippen LogP contribution in [0.15, 0.2) is 34.8 Å².